The van der Waals surface area contributed by atoms with Crippen molar-refractivity contribution in [3.63, 3.8) is 0 Å². The van der Waals surface area contributed by atoms with Crippen molar-refractivity contribution in [1.29, 1.82) is 0 Å². The number of aliphatic hydroxyl groups excluding tert-OH is 1. The summed E-state index contributed by atoms with van der Waals surface area (Å²) in [4.78, 5) is 16.8. The zero-order valence-corrected chi connectivity index (χ0v) is 12.8. The fourth-order valence-electron chi connectivity index (χ4n) is 3.74. The monoisotopic (exact) mass is 288 g/mol. The van der Waals surface area contributed by atoms with E-state index in [9.17, 15) is 9.90 Å². The Morgan fingerprint density at radius 1 is 1.10 bits per heavy atom. The maximum atomic E-state index is 12.2. The zero-order chi connectivity index (χ0) is 15.0. The van der Waals surface area contributed by atoms with E-state index in [1.54, 1.807) is 0 Å². The first-order valence-corrected chi connectivity index (χ1v) is 7.75. The minimum absolute atomic E-state index is 0.0360. The Balaban J connectivity index is 1.72. The van der Waals surface area contributed by atoms with Crippen LogP contribution in [0.3, 0.4) is 0 Å². The van der Waals surface area contributed by atoms with Gasteiger partial charge in [-0.15, -0.1) is 0 Å². The van der Waals surface area contributed by atoms with Gasteiger partial charge >= 0.3 is 0 Å². The van der Waals surface area contributed by atoms with E-state index in [4.69, 9.17) is 0 Å². The molecule has 0 aromatic heterocycles. The van der Waals surface area contributed by atoms with E-state index in [0.717, 1.165) is 31.7 Å². The molecular weight excluding hydrogens is 264 g/mol. The summed E-state index contributed by atoms with van der Waals surface area (Å²) in [5.74, 6) is 0.631. The Kier molecular flexibility index (Phi) is 4.11. The Morgan fingerprint density at radius 2 is 1.67 bits per heavy atom. The largest absolute Gasteiger partial charge is 0.387 e. The number of benzene rings is 1. The normalized spacial score (nSPS) is 30.1. The first-order chi connectivity index (χ1) is 10.1. The molecular formula is C17H24N2O2. The lowest BCUT2D eigenvalue weighted by Crippen LogP contribution is -2.59. The van der Waals surface area contributed by atoms with Crippen molar-refractivity contribution >= 4 is 5.78 Å². The highest BCUT2D eigenvalue weighted by Gasteiger charge is 2.42. The summed E-state index contributed by atoms with van der Waals surface area (Å²) in [6.45, 7) is 5.29. The number of hydrogen-bond acceptors (Lipinski definition) is 4. The summed E-state index contributed by atoms with van der Waals surface area (Å²) >= 11 is 0. The Labute approximate surface area is 126 Å². The third-order valence-corrected chi connectivity index (χ3v) is 4.95. The second-order valence-corrected chi connectivity index (χ2v) is 6.57. The van der Waals surface area contributed by atoms with Crippen molar-refractivity contribution in [2.45, 2.75) is 19.1 Å². The molecule has 2 heterocycles. The van der Waals surface area contributed by atoms with Crippen molar-refractivity contribution in [3.05, 3.63) is 35.9 Å². The lowest BCUT2D eigenvalue weighted by Gasteiger charge is -2.46. The van der Waals surface area contributed by atoms with E-state index >= 15 is 0 Å². The molecule has 0 radical (unpaired) electrons. The topological polar surface area (TPSA) is 43.8 Å². The molecule has 1 aromatic carbocycles. The number of aliphatic hydroxyl groups is 1. The van der Waals surface area contributed by atoms with Gasteiger partial charge in [0.05, 0.1) is 6.10 Å². The van der Waals surface area contributed by atoms with Gasteiger partial charge in [-0.05, 0) is 19.5 Å². The van der Waals surface area contributed by atoms with Crippen LogP contribution in [0.5, 0.6) is 0 Å². The highest BCUT2D eigenvalue weighted by Crippen LogP contribution is 2.29. The molecule has 0 amide bonds. The molecule has 114 valence electrons. The van der Waals surface area contributed by atoms with Gasteiger partial charge in [0.1, 0.15) is 5.78 Å². The second-order valence-electron chi connectivity index (χ2n) is 6.57. The van der Waals surface area contributed by atoms with Crippen LogP contribution >= 0.6 is 0 Å². The van der Waals surface area contributed by atoms with Crippen LogP contribution in [-0.4, -0.2) is 60.0 Å². The number of carbonyl (C=O) groups excluding carboxylic acids is 1. The molecule has 4 nitrogen and oxygen atoms in total. The highest BCUT2D eigenvalue weighted by atomic mass is 16.3. The fourth-order valence-corrected chi connectivity index (χ4v) is 3.74. The minimum Gasteiger partial charge on any atom is -0.387 e. The SMILES string of the molecule is C[C@@H]([C@H](O)c1ccccc1)N1CC2CN(C)CC(C1)C2=O. The average molecular weight is 288 g/mol. The van der Waals surface area contributed by atoms with E-state index in [2.05, 4.69) is 23.8 Å². The zero-order valence-electron chi connectivity index (χ0n) is 12.8. The van der Waals surface area contributed by atoms with Crippen LogP contribution in [0.1, 0.15) is 18.6 Å². The summed E-state index contributed by atoms with van der Waals surface area (Å²) in [6.07, 6.45) is -0.502. The van der Waals surface area contributed by atoms with Gasteiger partial charge in [0, 0.05) is 44.1 Å². The Bertz CT molecular complexity index is 487. The van der Waals surface area contributed by atoms with E-state index in [1.165, 1.54) is 0 Å². The van der Waals surface area contributed by atoms with Crippen LogP contribution < -0.4 is 0 Å². The quantitative estimate of drug-likeness (QED) is 0.907. The standard InChI is InChI=1S/C17H24N2O2/c1-12(16(20)13-6-4-3-5-7-13)19-10-14-8-18(2)9-15(11-19)17(14)21/h3-7,12,14-16,20H,8-11H2,1-2H3/t12-,14?,15?,16-/m0/s1. The van der Waals surface area contributed by atoms with E-state index < -0.39 is 6.10 Å². The predicted octanol–water partition coefficient (Wildman–Crippen LogP) is 1.17. The number of piperidine rings is 2. The van der Waals surface area contributed by atoms with Crippen LogP contribution in [0.25, 0.3) is 0 Å². The second kappa shape index (κ2) is 5.87. The smallest absolute Gasteiger partial charge is 0.144 e. The Hall–Kier alpha value is -1.23. The highest BCUT2D eigenvalue weighted by molar-refractivity contribution is 5.85. The average Bonchev–Trinajstić information content (AvgIpc) is 2.48. The lowest BCUT2D eigenvalue weighted by molar-refractivity contribution is -0.139. The fraction of sp³-hybridized carbons (Fsp3) is 0.588. The van der Waals surface area contributed by atoms with Gasteiger partial charge in [-0.1, -0.05) is 30.3 Å². The molecule has 0 saturated carbocycles. The van der Waals surface area contributed by atoms with E-state index in [-0.39, 0.29) is 17.9 Å². The van der Waals surface area contributed by atoms with Crippen LogP contribution in [0.4, 0.5) is 0 Å². The minimum atomic E-state index is -0.502. The summed E-state index contributed by atoms with van der Waals surface area (Å²) in [5.41, 5.74) is 0.948. The molecule has 3 rings (SSSR count). The van der Waals surface area contributed by atoms with Gasteiger partial charge in [-0.3, -0.25) is 9.69 Å². The third kappa shape index (κ3) is 2.89. The molecule has 2 bridgehead atoms. The van der Waals surface area contributed by atoms with E-state index in [0.29, 0.717) is 5.78 Å². The van der Waals surface area contributed by atoms with Crippen LogP contribution in [0.15, 0.2) is 30.3 Å². The lowest BCUT2D eigenvalue weighted by atomic mass is 9.82. The molecule has 21 heavy (non-hydrogen) atoms. The summed E-state index contributed by atoms with van der Waals surface area (Å²) in [6, 6.07) is 9.83. The molecule has 2 aliphatic heterocycles. The summed E-state index contributed by atoms with van der Waals surface area (Å²) in [5, 5.41) is 10.6. The molecule has 2 unspecified atom stereocenters. The molecule has 1 N–H and O–H groups in total. The van der Waals surface area contributed by atoms with E-state index in [1.807, 2.05) is 30.3 Å². The number of nitrogens with zero attached hydrogens (tertiary/aromatic N) is 2. The van der Waals surface area contributed by atoms with Gasteiger partial charge in [0.15, 0.2) is 0 Å². The maximum absolute atomic E-state index is 12.2. The first kappa shape index (κ1) is 14.7. The maximum Gasteiger partial charge on any atom is 0.144 e. The molecule has 4 atom stereocenters. The summed E-state index contributed by atoms with van der Waals surface area (Å²) < 4.78 is 0. The number of fused-ring (bicyclic) bond motifs is 2. The van der Waals surface area contributed by atoms with Crippen molar-refractivity contribution in [3.8, 4) is 0 Å². The van der Waals surface area contributed by atoms with Gasteiger partial charge in [-0.2, -0.15) is 0 Å². The Morgan fingerprint density at radius 3 is 2.24 bits per heavy atom. The molecule has 2 saturated heterocycles. The summed E-state index contributed by atoms with van der Waals surface area (Å²) in [7, 11) is 2.09. The number of Topliss-reactive ketones (excluding diaryl/α,β-unsaturated/α-hetero) is 1. The molecule has 2 aliphatic rings. The molecule has 4 heteroatoms. The molecule has 2 fully saturated rings. The number of carbonyl (C=O) groups is 1. The molecule has 1 aromatic rings. The van der Waals surface area contributed by atoms with Gasteiger partial charge in [0.25, 0.3) is 0 Å². The predicted molar refractivity (Wildman–Crippen MR) is 81.9 cm³/mol. The van der Waals surface area contributed by atoms with Crippen LogP contribution in [-0.2, 0) is 4.79 Å². The van der Waals surface area contributed by atoms with Crippen LogP contribution in [0.2, 0.25) is 0 Å². The van der Waals surface area contributed by atoms with Crippen molar-refractivity contribution in [1.82, 2.24) is 9.80 Å². The molecule has 0 aliphatic carbocycles. The first-order valence-electron chi connectivity index (χ1n) is 7.75. The number of hydrogen-bond donors (Lipinski definition) is 1. The number of ketones is 1. The van der Waals surface area contributed by atoms with Crippen molar-refractivity contribution in [2.24, 2.45) is 11.8 Å². The van der Waals surface area contributed by atoms with Gasteiger partial charge < -0.3 is 10.0 Å². The van der Waals surface area contributed by atoms with Gasteiger partial charge in [0.2, 0.25) is 0 Å². The van der Waals surface area contributed by atoms with Crippen LogP contribution in [0, 0.1) is 11.8 Å². The molecule has 0 spiro atoms. The van der Waals surface area contributed by atoms with Crippen molar-refractivity contribution < 1.29 is 9.90 Å². The number of likely N-dealkylation sites (tertiary alicyclic amines) is 2. The number of rotatable bonds is 3. The third-order valence-electron chi connectivity index (χ3n) is 4.95. The van der Waals surface area contributed by atoms with Crippen molar-refractivity contribution in [2.75, 3.05) is 33.2 Å². The van der Waals surface area contributed by atoms with Gasteiger partial charge in [-0.25, -0.2) is 0 Å².